The van der Waals surface area contributed by atoms with Crippen LogP contribution in [0.4, 0.5) is 0 Å². The molecular weight excluding hydrogens is 262 g/mol. The van der Waals surface area contributed by atoms with Crippen LogP contribution in [-0.4, -0.2) is 28.1 Å². The Hall–Kier alpha value is -2.22. The second-order valence-electron chi connectivity index (χ2n) is 4.92. The molecule has 1 amide bonds. The summed E-state index contributed by atoms with van der Waals surface area (Å²) in [6, 6.07) is -0.651. The van der Waals surface area contributed by atoms with Crippen LogP contribution in [0.2, 0.25) is 0 Å². The lowest BCUT2D eigenvalue weighted by molar-refractivity contribution is -0.122. The maximum Gasteiger partial charge on any atom is 0.325 e. The van der Waals surface area contributed by atoms with E-state index in [9.17, 15) is 14.4 Å². The van der Waals surface area contributed by atoms with Gasteiger partial charge in [0.1, 0.15) is 0 Å². The number of hydrogen-bond donors (Lipinski definition) is 4. The maximum atomic E-state index is 11.6. The standard InChI is InChI=1S/C12H19N5O3/c1-6(2)4-9(13)11(19)17-14-5-8-7(3)15-12(20)16-10(8)18/h5-6,9H,4,13H2,1-3H3,(H,17,19)(H2,15,16,18,20)/b14-5+. The third-order valence-corrected chi connectivity index (χ3v) is 2.61. The van der Waals surface area contributed by atoms with Crippen LogP contribution in [0.3, 0.4) is 0 Å². The number of hydrazone groups is 1. The molecule has 0 aliphatic rings. The summed E-state index contributed by atoms with van der Waals surface area (Å²) in [5.74, 6) is -0.127. The number of hydrogen-bond acceptors (Lipinski definition) is 5. The Bertz CT molecular complexity index is 614. The molecule has 8 heteroatoms. The molecule has 20 heavy (non-hydrogen) atoms. The highest BCUT2D eigenvalue weighted by molar-refractivity contribution is 5.85. The van der Waals surface area contributed by atoms with Crippen molar-refractivity contribution in [3.05, 3.63) is 32.1 Å². The number of rotatable bonds is 5. The summed E-state index contributed by atoms with van der Waals surface area (Å²) in [6.45, 7) is 5.48. The Morgan fingerprint density at radius 3 is 2.60 bits per heavy atom. The first kappa shape index (κ1) is 15.8. The predicted molar refractivity (Wildman–Crippen MR) is 75.6 cm³/mol. The predicted octanol–water partition coefficient (Wildman–Crippen LogP) is -0.805. The van der Waals surface area contributed by atoms with Gasteiger partial charge in [-0.25, -0.2) is 10.2 Å². The number of carbonyl (C=O) groups excluding carboxylic acids is 1. The number of aromatic nitrogens is 2. The summed E-state index contributed by atoms with van der Waals surface area (Å²) >= 11 is 0. The van der Waals surface area contributed by atoms with Crippen LogP contribution in [0.15, 0.2) is 14.7 Å². The Morgan fingerprint density at radius 1 is 1.40 bits per heavy atom. The molecule has 0 saturated heterocycles. The largest absolute Gasteiger partial charge is 0.325 e. The molecule has 8 nitrogen and oxygen atoms in total. The second-order valence-corrected chi connectivity index (χ2v) is 4.92. The van der Waals surface area contributed by atoms with Gasteiger partial charge in [-0.2, -0.15) is 5.10 Å². The van der Waals surface area contributed by atoms with Gasteiger partial charge in [0.15, 0.2) is 0 Å². The fourth-order valence-corrected chi connectivity index (χ4v) is 1.62. The Morgan fingerprint density at radius 2 is 2.05 bits per heavy atom. The van der Waals surface area contributed by atoms with E-state index < -0.39 is 23.2 Å². The Kier molecular flexibility index (Phi) is 5.39. The maximum absolute atomic E-state index is 11.6. The fraction of sp³-hybridized carbons (Fsp3) is 0.500. The average molecular weight is 281 g/mol. The van der Waals surface area contributed by atoms with Gasteiger partial charge in [-0.05, 0) is 19.3 Å². The van der Waals surface area contributed by atoms with Crippen molar-refractivity contribution < 1.29 is 4.79 Å². The fourth-order valence-electron chi connectivity index (χ4n) is 1.62. The van der Waals surface area contributed by atoms with Gasteiger partial charge >= 0.3 is 5.69 Å². The van der Waals surface area contributed by atoms with Gasteiger partial charge in [0.2, 0.25) is 0 Å². The third kappa shape index (κ3) is 4.47. The van der Waals surface area contributed by atoms with Crippen LogP contribution in [0.1, 0.15) is 31.5 Å². The van der Waals surface area contributed by atoms with Crippen LogP contribution in [0.25, 0.3) is 0 Å². The van der Waals surface area contributed by atoms with E-state index in [-0.39, 0.29) is 5.56 Å². The lowest BCUT2D eigenvalue weighted by Gasteiger charge is -2.11. The molecule has 0 bridgehead atoms. The SMILES string of the molecule is Cc1[nH]c(=O)[nH]c(=O)c1/C=N/NC(=O)C(N)CC(C)C. The third-order valence-electron chi connectivity index (χ3n) is 2.61. The van der Waals surface area contributed by atoms with E-state index in [1.165, 1.54) is 6.21 Å². The van der Waals surface area contributed by atoms with E-state index >= 15 is 0 Å². The van der Waals surface area contributed by atoms with E-state index in [4.69, 9.17) is 5.73 Å². The molecule has 0 aromatic carbocycles. The zero-order valence-electron chi connectivity index (χ0n) is 11.7. The number of aryl methyl sites for hydroxylation is 1. The normalized spacial score (nSPS) is 12.8. The second kappa shape index (κ2) is 6.80. The van der Waals surface area contributed by atoms with E-state index in [0.29, 0.717) is 18.0 Å². The van der Waals surface area contributed by atoms with Crippen LogP contribution in [0, 0.1) is 12.8 Å². The zero-order chi connectivity index (χ0) is 15.3. The highest BCUT2D eigenvalue weighted by Gasteiger charge is 2.14. The van der Waals surface area contributed by atoms with Crippen LogP contribution < -0.4 is 22.4 Å². The van der Waals surface area contributed by atoms with Gasteiger partial charge in [-0.1, -0.05) is 13.8 Å². The summed E-state index contributed by atoms with van der Waals surface area (Å²) < 4.78 is 0. The van der Waals surface area contributed by atoms with Gasteiger partial charge in [0, 0.05) is 5.69 Å². The van der Waals surface area contributed by atoms with Crippen molar-refractivity contribution in [2.24, 2.45) is 16.8 Å². The van der Waals surface area contributed by atoms with Gasteiger partial charge in [0.05, 0.1) is 17.8 Å². The molecule has 1 unspecified atom stereocenters. The number of amides is 1. The monoisotopic (exact) mass is 281 g/mol. The number of nitrogens with one attached hydrogen (secondary N) is 3. The minimum absolute atomic E-state index is 0.169. The van der Waals surface area contributed by atoms with Crippen LogP contribution >= 0.6 is 0 Å². The smallest absolute Gasteiger partial charge is 0.320 e. The van der Waals surface area contributed by atoms with Crippen molar-refractivity contribution in [1.82, 2.24) is 15.4 Å². The molecule has 1 heterocycles. The van der Waals surface area contributed by atoms with Crippen LogP contribution in [0.5, 0.6) is 0 Å². The molecule has 0 fully saturated rings. The summed E-state index contributed by atoms with van der Waals surface area (Å²) in [5.41, 5.74) is 7.31. The molecule has 1 aromatic rings. The van der Waals surface area contributed by atoms with Crippen molar-refractivity contribution in [2.45, 2.75) is 33.2 Å². The first-order valence-electron chi connectivity index (χ1n) is 6.23. The first-order chi connectivity index (χ1) is 9.31. The Balaban J connectivity index is 2.73. The molecule has 0 spiro atoms. The number of aromatic amines is 2. The average Bonchev–Trinajstić information content (AvgIpc) is 2.31. The van der Waals surface area contributed by atoms with Crippen molar-refractivity contribution in [3.63, 3.8) is 0 Å². The van der Waals surface area contributed by atoms with Gasteiger partial charge < -0.3 is 10.7 Å². The number of nitrogens with two attached hydrogens (primary N) is 1. The minimum Gasteiger partial charge on any atom is -0.320 e. The minimum atomic E-state index is -0.651. The summed E-state index contributed by atoms with van der Waals surface area (Å²) in [7, 11) is 0. The molecule has 1 rings (SSSR count). The van der Waals surface area contributed by atoms with Crippen molar-refractivity contribution >= 4 is 12.1 Å². The van der Waals surface area contributed by atoms with Crippen LogP contribution in [-0.2, 0) is 4.79 Å². The van der Waals surface area contributed by atoms with Crippen molar-refractivity contribution in [1.29, 1.82) is 0 Å². The molecule has 0 aliphatic heterocycles. The van der Waals surface area contributed by atoms with Gasteiger partial charge in [-0.15, -0.1) is 0 Å². The lowest BCUT2D eigenvalue weighted by atomic mass is 10.0. The molecule has 1 aromatic heterocycles. The summed E-state index contributed by atoms with van der Waals surface area (Å²) in [4.78, 5) is 38.6. The van der Waals surface area contributed by atoms with Crippen molar-refractivity contribution in [3.8, 4) is 0 Å². The Labute approximate surface area is 115 Å². The summed E-state index contributed by atoms with van der Waals surface area (Å²) in [6.07, 6.45) is 1.71. The van der Waals surface area contributed by atoms with Crippen molar-refractivity contribution in [2.75, 3.05) is 0 Å². The molecule has 0 aliphatic carbocycles. The number of carbonyl (C=O) groups is 1. The molecule has 0 radical (unpaired) electrons. The highest BCUT2D eigenvalue weighted by atomic mass is 16.2. The number of nitrogens with zero attached hydrogens (tertiary/aromatic N) is 1. The summed E-state index contributed by atoms with van der Waals surface area (Å²) in [5, 5.41) is 3.67. The van der Waals surface area contributed by atoms with E-state index in [1.807, 2.05) is 13.8 Å². The first-order valence-corrected chi connectivity index (χ1v) is 6.23. The van der Waals surface area contributed by atoms with E-state index in [2.05, 4.69) is 20.5 Å². The molecule has 0 saturated carbocycles. The quantitative estimate of drug-likeness (QED) is 0.415. The molecule has 110 valence electrons. The van der Waals surface area contributed by atoms with Gasteiger partial charge in [-0.3, -0.25) is 14.6 Å². The highest BCUT2D eigenvalue weighted by Crippen LogP contribution is 2.02. The topological polar surface area (TPSA) is 133 Å². The molecular formula is C12H19N5O3. The molecule has 5 N–H and O–H groups in total. The van der Waals surface area contributed by atoms with E-state index in [1.54, 1.807) is 6.92 Å². The zero-order valence-corrected chi connectivity index (χ0v) is 11.7. The lowest BCUT2D eigenvalue weighted by Crippen LogP contribution is -2.39. The van der Waals surface area contributed by atoms with Gasteiger partial charge in [0.25, 0.3) is 11.5 Å². The molecule has 1 atom stereocenters. The van der Waals surface area contributed by atoms with E-state index in [0.717, 1.165) is 0 Å². The number of H-pyrrole nitrogens is 2.